The van der Waals surface area contributed by atoms with E-state index in [1.54, 1.807) is 13.3 Å². The Morgan fingerprint density at radius 3 is 2.71 bits per heavy atom. The minimum atomic E-state index is -0.433. The summed E-state index contributed by atoms with van der Waals surface area (Å²) in [7, 11) is 1.58. The lowest BCUT2D eigenvalue weighted by Crippen LogP contribution is -2.33. The molecule has 0 spiro atoms. The monoisotopic (exact) mass is 326 g/mol. The van der Waals surface area contributed by atoms with Gasteiger partial charge in [-0.25, -0.2) is 0 Å². The molecule has 0 atom stereocenters. The van der Waals surface area contributed by atoms with E-state index in [1.807, 2.05) is 45.0 Å². The van der Waals surface area contributed by atoms with Crippen LogP contribution in [-0.2, 0) is 5.41 Å². The van der Waals surface area contributed by atoms with Gasteiger partial charge in [0.2, 0.25) is 0 Å². The number of hydrogen-bond donors (Lipinski definition) is 0. The summed E-state index contributed by atoms with van der Waals surface area (Å²) >= 11 is 0. The van der Waals surface area contributed by atoms with Gasteiger partial charge in [-0.05, 0) is 12.1 Å². The highest BCUT2D eigenvalue weighted by Gasteiger charge is 2.23. The van der Waals surface area contributed by atoms with Gasteiger partial charge in [-0.2, -0.15) is 19.4 Å². The largest absolute Gasteiger partial charge is 0.496 e. The number of methoxy groups -OCH3 is 1. The van der Waals surface area contributed by atoms with Crippen molar-refractivity contribution in [1.29, 1.82) is 0 Å². The predicted octanol–water partition coefficient (Wildman–Crippen LogP) is 1.47. The van der Waals surface area contributed by atoms with E-state index in [0.717, 1.165) is 5.56 Å². The van der Waals surface area contributed by atoms with Crippen molar-refractivity contribution in [3.05, 3.63) is 52.2 Å². The minimum absolute atomic E-state index is 0.249. The third-order valence-corrected chi connectivity index (χ3v) is 3.47. The number of benzene rings is 1. The molecule has 3 aromatic rings. The van der Waals surface area contributed by atoms with Crippen LogP contribution in [0.4, 0.5) is 0 Å². The van der Waals surface area contributed by atoms with Gasteiger partial charge in [-0.1, -0.05) is 32.9 Å². The molecule has 0 aliphatic carbocycles. The van der Waals surface area contributed by atoms with Gasteiger partial charge < -0.3 is 4.74 Å². The van der Waals surface area contributed by atoms with Crippen LogP contribution in [0, 0.1) is 0 Å². The SMILES string of the molecule is COc1ccccc1C=Nn1c(=O)c(C(C)(C)C)nn2cnnc12. The van der Waals surface area contributed by atoms with Crippen LogP contribution in [-0.4, -0.2) is 37.8 Å². The average molecular weight is 326 g/mol. The molecule has 24 heavy (non-hydrogen) atoms. The van der Waals surface area contributed by atoms with E-state index in [0.29, 0.717) is 11.4 Å². The number of hydrogen-bond acceptors (Lipinski definition) is 6. The molecule has 0 amide bonds. The maximum absolute atomic E-state index is 12.8. The van der Waals surface area contributed by atoms with Crippen LogP contribution in [0.3, 0.4) is 0 Å². The van der Waals surface area contributed by atoms with Crippen LogP contribution < -0.4 is 10.3 Å². The Morgan fingerprint density at radius 2 is 2.00 bits per heavy atom. The third-order valence-electron chi connectivity index (χ3n) is 3.47. The molecule has 0 saturated carbocycles. The highest BCUT2D eigenvalue weighted by Crippen LogP contribution is 2.17. The summed E-state index contributed by atoms with van der Waals surface area (Å²) in [5.74, 6) is 0.913. The Balaban J connectivity index is 2.19. The Hall–Kier alpha value is -3.03. The van der Waals surface area contributed by atoms with E-state index in [-0.39, 0.29) is 11.3 Å². The molecule has 0 aliphatic heterocycles. The molecule has 8 heteroatoms. The van der Waals surface area contributed by atoms with Crippen LogP contribution >= 0.6 is 0 Å². The van der Waals surface area contributed by atoms with Gasteiger partial charge >= 0.3 is 0 Å². The summed E-state index contributed by atoms with van der Waals surface area (Å²) in [5, 5.41) is 16.3. The predicted molar refractivity (Wildman–Crippen MR) is 89.7 cm³/mol. The van der Waals surface area contributed by atoms with Crippen molar-refractivity contribution in [1.82, 2.24) is 24.5 Å². The normalized spacial score (nSPS) is 12.2. The first-order valence-electron chi connectivity index (χ1n) is 7.43. The maximum atomic E-state index is 12.8. The summed E-state index contributed by atoms with van der Waals surface area (Å²) in [4.78, 5) is 12.8. The number of rotatable bonds is 3. The lowest BCUT2D eigenvalue weighted by atomic mass is 9.93. The minimum Gasteiger partial charge on any atom is -0.496 e. The topological polar surface area (TPSA) is 86.7 Å². The lowest BCUT2D eigenvalue weighted by molar-refractivity contribution is 0.414. The second-order valence-corrected chi connectivity index (χ2v) is 6.28. The molecule has 0 saturated heterocycles. The van der Waals surface area contributed by atoms with E-state index < -0.39 is 5.41 Å². The first-order valence-corrected chi connectivity index (χ1v) is 7.43. The van der Waals surface area contributed by atoms with E-state index in [4.69, 9.17) is 4.74 Å². The van der Waals surface area contributed by atoms with Gasteiger partial charge in [0, 0.05) is 11.0 Å². The van der Waals surface area contributed by atoms with E-state index in [1.165, 1.54) is 15.5 Å². The maximum Gasteiger partial charge on any atom is 0.298 e. The summed E-state index contributed by atoms with van der Waals surface area (Å²) in [5.41, 5.74) is 0.372. The van der Waals surface area contributed by atoms with Gasteiger partial charge in [0.05, 0.1) is 13.3 Å². The lowest BCUT2D eigenvalue weighted by Gasteiger charge is -2.16. The average Bonchev–Trinajstić information content (AvgIpc) is 3.01. The number of aromatic nitrogens is 5. The van der Waals surface area contributed by atoms with Gasteiger partial charge in [-0.3, -0.25) is 4.79 Å². The zero-order valence-corrected chi connectivity index (χ0v) is 14.0. The molecule has 0 N–H and O–H groups in total. The van der Waals surface area contributed by atoms with Crippen molar-refractivity contribution in [3.8, 4) is 5.75 Å². The molecular formula is C16H18N6O2. The molecule has 0 bridgehead atoms. The molecule has 124 valence electrons. The molecule has 2 aromatic heterocycles. The molecule has 3 rings (SSSR count). The van der Waals surface area contributed by atoms with Gasteiger partial charge in [0.25, 0.3) is 11.3 Å². The highest BCUT2D eigenvalue weighted by molar-refractivity contribution is 5.83. The molecule has 8 nitrogen and oxygen atoms in total. The van der Waals surface area contributed by atoms with Crippen molar-refractivity contribution in [2.24, 2.45) is 5.10 Å². The highest BCUT2D eigenvalue weighted by atomic mass is 16.5. The fourth-order valence-corrected chi connectivity index (χ4v) is 2.24. The standard InChI is InChI=1S/C16H18N6O2/c1-16(2,3)13-14(23)22(15-19-17-10-21(15)20-13)18-9-11-7-5-6-8-12(11)24-4/h5-10H,1-4H3. The molecule has 0 unspecified atom stereocenters. The molecule has 0 radical (unpaired) electrons. The number of nitrogens with zero attached hydrogens (tertiary/aromatic N) is 6. The first-order chi connectivity index (χ1) is 11.4. The smallest absolute Gasteiger partial charge is 0.298 e. The van der Waals surface area contributed by atoms with Crippen molar-refractivity contribution in [2.45, 2.75) is 26.2 Å². The quantitative estimate of drug-likeness (QED) is 0.680. The van der Waals surface area contributed by atoms with Crippen LogP contribution in [0.15, 0.2) is 40.5 Å². The van der Waals surface area contributed by atoms with Crippen LogP contribution in [0.25, 0.3) is 5.78 Å². The van der Waals surface area contributed by atoms with E-state index >= 15 is 0 Å². The molecule has 0 aliphatic rings. The Morgan fingerprint density at radius 1 is 1.25 bits per heavy atom. The molecule has 0 fully saturated rings. The van der Waals surface area contributed by atoms with Gasteiger partial charge in [0.1, 0.15) is 17.8 Å². The second-order valence-electron chi connectivity index (χ2n) is 6.28. The van der Waals surface area contributed by atoms with E-state index in [9.17, 15) is 4.79 Å². The Bertz CT molecular complexity index is 965. The summed E-state index contributed by atoms with van der Waals surface area (Å²) in [6, 6.07) is 7.40. The van der Waals surface area contributed by atoms with Gasteiger partial charge in [0.15, 0.2) is 0 Å². The third kappa shape index (κ3) is 2.78. The Kier molecular flexibility index (Phi) is 3.88. The summed E-state index contributed by atoms with van der Waals surface area (Å²) in [6.07, 6.45) is 3.00. The summed E-state index contributed by atoms with van der Waals surface area (Å²) < 4.78 is 7.94. The zero-order valence-electron chi connectivity index (χ0n) is 14.0. The molecule has 2 heterocycles. The van der Waals surface area contributed by atoms with Crippen molar-refractivity contribution >= 4 is 12.0 Å². The van der Waals surface area contributed by atoms with Crippen molar-refractivity contribution in [3.63, 3.8) is 0 Å². The summed E-state index contributed by atoms with van der Waals surface area (Å²) in [6.45, 7) is 5.75. The Labute approximate surface area is 138 Å². The van der Waals surface area contributed by atoms with E-state index in [2.05, 4.69) is 20.4 Å². The molecular weight excluding hydrogens is 308 g/mol. The number of fused-ring (bicyclic) bond motifs is 1. The number of para-hydroxylation sites is 1. The molecule has 1 aromatic carbocycles. The van der Waals surface area contributed by atoms with Crippen LogP contribution in [0.1, 0.15) is 32.0 Å². The fraction of sp³-hybridized carbons (Fsp3) is 0.312. The van der Waals surface area contributed by atoms with Crippen molar-refractivity contribution < 1.29 is 4.74 Å². The zero-order chi connectivity index (χ0) is 17.3. The second kappa shape index (κ2) is 5.88. The van der Waals surface area contributed by atoms with Crippen molar-refractivity contribution in [2.75, 3.05) is 7.11 Å². The number of ether oxygens (including phenoxy) is 1. The van der Waals surface area contributed by atoms with Gasteiger partial charge in [-0.15, -0.1) is 10.2 Å². The fourth-order valence-electron chi connectivity index (χ4n) is 2.24. The van der Waals surface area contributed by atoms with Crippen LogP contribution in [0.2, 0.25) is 0 Å². The van der Waals surface area contributed by atoms with Crippen LogP contribution in [0.5, 0.6) is 5.75 Å². The first kappa shape index (κ1) is 15.9.